The number of nitrogens with zero attached hydrogens (tertiary/aromatic N) is 3. The summed E-state index contributed by atoms with van der Waals surface area (Å²) in [4.78, 5) is 12.4. The van der Waals surface area contributed by atoms with E-state index in [-0.39, 0.29) is 5.57 Å². The lowest BCUT2D eigenvalue weighted by atomic mass is 10.1. The predicted molar refractivity (Wildman–Crippen MR) is 129 cm³/mol. The van der Waals surface area contributed by atoms with Crippen molar-refractivity contribution in [1.29, 1.82) is 5.26 Å². The Balaban J connectivity index is 1.58. The lowest BCUT2D eigenvalue weighted by Gasteiger charge is -2.11. The number of aromatic nitrogens is 2. The summed E-state index contributed by atoms with van der Waals surface area (Å²) < 4.78 is 11.6. The van der Waals surface area contributed by atoms with Gasteiger partial charge in [0.1, 0.15) is 41.4 Å². The molecule has 0 fully saturated rings. The van der Waals surface area contributed by atoms with Crippen LogP contribution in [0.1, 0.15) is 23.1 Å². The van der Waals surface area contributed by atoms with Crippen LogP contribution < -0.4 is 14.8 Å². The van der Waals surface area contributed by atoms with Gasteiger partial charge in [-0.05, 0) is 48.2 Å². The summed E-state index contributed by atoms with van der Waals surface area (Å²) >= 11 is 1.28. The van der Waals surface area contributed by atoms with E-state index in [1.54, 1.807) is 18.2 Å². The summed E-state index contributed by atoms with van der Waals surface area (Å²) in [6.45, 7) is 6.44. The summed E-state index contributed by atoms with van der Waals surface area (Å²) in [5, 5.41) is 21.1. The molecular weight excluding hydrogens is 436 g/mol. The molecule has 0 radical (unpaired) electrons. The van der Waals surface area contributed by atoms with E-state index in [0.29, 0.717) is 29.7 Å². The molecule has 0 aliphatic carbocycles. The molecule has 8 heteroatoms. The lowest BCUT2D eigenvalue weighted by Crippen LogP contribution is -2.13. The quantitative estimate of drug-likeness (QED) is 0.190. The van der Waals surface area contributed by atoms with Crippen molar-refractivity contribution in [2.75, 3.05) is 18.5 Å². The Hall–Kier alpha value is -3.96. The summed E-state index contributed by atoms with van der Waals surface area (Å²) in [5.74, 6) is 0.888. The van der Waals surface area contributed by atoms with Crippen molar-refractivity contribution >= 4 is 28.5 Å². The third-order valence-electron chi connectivity index (χ3n) is 4.47. The molecule has 0 aliphatic heterocycles. The van der Waals surface area contributed by atoms with E-state index >= 15 is 0 Å². The van der Waals surface area contributed by atoms with Crippen LogP contribution in [0.3, 0.4) is 0 Å². The highest BCUT2D eigenvalue weighted by Crippen LogP contribution is 2.20. The number of benzene rings is 2. The van der Waals surface area contributed by atoms with Crippen LogP contribution in [0.4, 0.5) is 5.13 Å². The molecule has 0 atom stereocenters. The van der Waals surface area contributed by atoms with Crippen molar-refractivity contribution in [3.8, 4) is 17.6 Å². The smallest absolute Gasteiger partial charge is 0.268 e. The third kappa shape index (κ3) is 7.02. The van der Waals surface area contributed by atoms with Gasteiger partial charge in [-0.2, -0.15) is 5.26 Å². The minimum atomic E-state index is -0.533. The fraction of sp³-hybridized carbons (Fsp3) is 0.200. The number of allylic oxidation sites excluding steroid dienone is 1. The van der Waals surface area contributed by atoms with Crippen LogP contribution in [-0.4, -0.2) is 29.3 Å². The van der Waals surface area contributed by atoms with Crippen molar-refractivity contribution in [2.24, 2.45) is 0 Å². The minimum absolute atomic E-state index is 0.0393. The summed E-state index contributed by atoms with van der Waals surface area (Å²) in [6, 6.07) is 16.9. The maximum atomic E-state index is 12.4. The van der Waals surface area contributed by atoms with E-state index < -0.39 is 5.91 Å². The molecule has 2 aromatic carbocycles. The van der Waals surface area contributed by atoms with Gasteiger partial charge in [-0.1, -0.05) is 54.7 Å². The van der Waals surface area contributed by atoms with Crippen LogP contribution in [0, 0.1) is 11.3 Å². The van der Waals surface area contributed by atoms with Crippen LogP contribution in [-0.2, 0) is 17.6 Å². The van der Waals surface area contributed by atoms with Crippen molar-refractivity contribution in [1.82, 2.24) is 10.2 Å². The van der Waals surface area contributed by atoms with Gasteiger partial charge in [0, 0.05) is 0 Å². The molecule has 0 saturated carbocycles. The molecule has 1 heterocycles. The molecule has 33 heavy (non-hydrogen) atoms. The monoisotopic (exact) mass is 460 g/mol. The van der Waals surface area contributed by atoms with Crippen molar-refractivity contribution in [2.45, 2.75) is 19.8 Å². The zero-order valence-electron chi connectivity index (χ0n) is 18.3. The zero-order chi connectivity index (χ0) is 23.5. The fourth-order valence-electron chi connectivity index (χ4n) is 2.90. The van der Waals surface area contributed by atoms with Gasteiger partial charge >= 0.3 is 0 Å². The third-order valence-corrected chi connectivity index (χ3v) is 5.45. The van der Waals surface area contributed by atoms with Crippen LogP contribution in [0.5, 0.6) is 11.5 Å². The fourth-order valence-corrected chi connectivity index (χ4v) is 3.58. The second-order valence-electron chi connectivity index (χ2n) is 6.85. The number of rotatable bonds is 11. The van der Waals surface area contributed by atoms with E-state index in [2.05, 4.69) is 22.1 Å². The highest BCUT2D eigenvalue weighted by Gasteiger charge is 2.12. The highest BCUT2D eigenvalue weighted by molar-refractivity contribution is 7.15. The molecule has 0 unspecified atom stereocenters. The SMILES string of the molecule is C=CCc1ccccc1OCCOc1cccc(C=C(C#N)C(=O)Nc2nnc(CC)s2)c1. The summed E-state index contributed by atoms with van der Waals surface area (Å²) in [7, 11) is 0. The summed E-state index contributed by atoms with van der Waals surface area (Å²) in [5.41, 5.74) is 1.70. The van der Waals surface area contributed by atoms with Crippen molar-refractivity contribution in [3.05, 3.63) is 82.9 Å². The first-order chi connectivity index (χ1) is 16.1. The van der Waals surface area contributed by atoms with Crippen LogP contribution in [0.15, 0.2) is 66.8 Å². The Morgan fingerprint density at radius 3 is 2.76 bits per heavy atom. The molecule has 0 bridgehead atoms. The van der Waals surface area contributed by atoms with Gasteiger partial charge in [0.25, 0.3) is 5.91 Å². The number of carbonyl (C=O) groups is 1. The number of anilines is 1. The maximum absolute atomic E-state index is 12.4. The molecule has 3 aromatic rings. The molecule has 3 rings (SSSR count). The number of amides is 1. The number of nitrogens with one attached hydrogen (secondary N) is 1. The Morgan fingerprint density at radius 1 is 1.18 bits per heavy atom. The molecule has 1 amide bonds. The molecule has 168 valence electrons. The standard InChI is InChI=1S/C25H24N4O3S/c1-3-8-19-10-5-6-12-22(19)32-14-13-31-21-11-7-9-18(16-21)15-20(17-26)24(30)27-25-29-28-23(4-2)33-25/h3,5-7,9-12,15-16H,1,4,8,13-14H2,2H3,(H,27,29,30). The first kappa shape index (κ1) is 23.7. The van der Waals surface area contributed by atoms with Gasteiger partial charge in [0.15, 0.2) is 0 Å². The van der Waals surface area contributed by atoms with Gasteiger partial charge in [-0.3, -0.25) is 10.1 Å². The largest absolute Gasteiger partial charge is 0.490 e. The maximum Gasteiger partial charge on any atom is 0.268 e. The molecule has 1 N–H and O–H groups in total. The topological polar surface area (TPSA) is 97.1 Å². The number of para-hydroxylation sites is 1. The van der Waals surface area contributed by atoms with Gasteiger partial charge in [-0.25, -0.2) is 0 Å². The molecule has 0 aliphatic rings. The second-order valence-corrected chi connectivity index (χ2v) is 7.91. The molecular formula is C25H24N4O3S. The molecule has 1 aromatic heterocycles. The predicted octanol–water partition coefficient (Wildman–Crippen LogP) is 4.83. The normalized spacial score (nSPS) is 10.8. The number of carbonyl (C=O) groups excluding carboxylic acids is 1. The van der Waals surface area contributed by atoms with Gasteiger partial charge < -0.3 is 9.47 Å². The van der Waals surface area contributed by atoms with Gasteiger partial charge in [-0.15, -0.1) is 16.8 Å². The van der Waals surface area contributed by atoms with Gasteiger partial charge in [0.05, 0.1) is 0 Å². The average Bonchev–Trinajstić information content (AvgIpc) is 3.29. The first-order valence-electron chi connectivity index (χ1n) is 10.4. The molecule has 7 nitrogen and oxygen atoms in total. The Morgan fingerprint density at radius 2 is 2.00 bits per heavy atom. The van der Waals surface area contributed by atoms with E-state index in [1.807, 2.05) is 49.4 Å². The number of aryl methyl sites for hydroxylation is 1. The van der Waals surface area contributed by atoms with E-state index in [4.69, 9.17) is 9.47 Å². The van der Waals surface area contributed by atoms with Crippen molar-refractivity contribution in [3.63, 3.8) is 0 Å². The average molecular weight is 461 g/mol. The van der Waals surface area contributed by atoms with Crippen LogP contribution in [0.25, 0.3) is 6.08 Å². The van der Waals surface area contributed by atoms with Crippen LogP contribution in [0.2, 0.25) is 0 Å². The van der Waals surface area contributed by atoms with Gasteiger partial charge in [0.2, 0.25) is 5.13 Å². The number of hydrogen-bond acceptors (Lipinski definition) is 7. The minimum Gasteiger partial charge on any atom is -0.490 e. The number of hydrogen-bond donors (Lipinski definition) is 1. The van der Waals surface area contributed by atoms with Crippen LogP contribution >= 0.6 is 11.3 Å². The van der Waals surface area contributed by atoms with E-state index in [1.165, 1.54) is 17.4 Å². The van der Waals surface area contributed by atoms with E-state index in [0.717, 1.165) is 29.2 Å². The number of nitriles is 1. The second kappa shape index (κ2) is 12.2. The number of ether oxygens (including phenoxy) is 2. The molecule has 0 saturated heterocycles. The van der Waals surface area contributed by atoms with Crippen molar-refractivity contribution < 1.29 is 14.3 Å². The van der Waals surface area contributed by atoms with E-state index in [9.17, 15) is 10.1 Å². The summed E-state index contributed by atoms with van der Waals surface area (Å²) in [6.07, 6.45) is 4.81. The highest BCUT2D eigenvalue weighted by atomic mass is 32.1. The molecule has 0 spiro atoms. The zero-order valence-corrected chi connectivity index (χ0v) is 19.1. The Labute approximate surface area is 197 Å². The Kier molecular flexibility index (Phi) is 8.74. The lowest BCUT2D eigenvalue weighted by molar-refractivity contribution is -0.112. The Bertz CT molecular complexity index is 1180. The first-order valence-corrected chi connectivity index (χ1v) is 11.2.